The first-order chi connectivity index (χ1) is 11.9. The van der Waals surface area contributed by atoms with Gasteiger partial charge in [0.05, 0.1) is 16.7 Å². The quantitative estimate of drug-likeness (QED) is 0.786. The van der Waals surface area contributed by atoms with E-state index in [1.54, 1.807) is 24.8 Å². The van der Waals surface area contributed by atoms with E-state index < -0.39 is 10.0 Å². The Balaban J connectivity index is 1.68. The number of aromatic nitrogens is 3. The predicted octanol–water partition coefficient (Wildman–Crippen LogP) is 0.683. The zero-order valence-electron chi connectivity index (χ0n) is 14.2. The van der Waals surface area contributed by atoms with Crippen molar-refractivity contribution in [2.75, 3.05) is 36.9 Å². The number of carbonyl (C=O) groups is 1. The Morgan fingerprint density at radius 3 is 2.80 bits per heavy atom. The normalized spacial score (nSPS) is 16.2. The first kappa shape index (κ1) is 18.2. The number of thioether (sulfide) groups is 1. The molecule has 1 fully saturated rings. The van der Waals surface area contributed by atoms with Crippen LogP contribution in [0.3, 0.4) is 0 Å². The monoisotopic (exact) mass is 383 g/mol. The molecular formula is C15H21N5O3S2. The maximum Gasteiger partial charge on any atom is 0.252 e. The number of sulfonamides is 1. The van der Waals surface area contributed by atoms with E-state index in [1.165, 1.54) is 4.31 Å². The molecule has 0 radical (unpaired) electrons. The summed E-state index contributed by atoms with van der Waals surface area (Å²) in [4.78, 5) is 16.8. The molecule has 2 N–H and O–H groups in total. The molecular weight excluding hydrogens is 362 g/mol. The largest absolute Gasteiger partial charge is 0.351 e. The number of aryl methyl sites for hydroxylation is 2. The summed E-state index contributed by atoms with van der Waals surface area (Å²) in [5.74, 6) is 1.23. The maximum atomic E-state index is 12.5. The second-order valence-electron chi connectivity index (χ2n) is 5.94. The average molecular weight is 383 g/mol. The van der Waals surface area contributed by atoms with Crippen molar-refractivity contribution >= 4 is 38.7 Å². The Morgan fingerprint density at radius 2 is 2.08 bits per heavy atom. The number of fused-ring (bicyclic) bond motifs is 1. The van der Waals surface area contributed by atoms with Crippen LogP contribution in [0.1, 0.15) is 21.7 Å². The summed E-state index contributed by atoms with van der Waals surface area (Å²) >= 11 is 1.75. The zero-order chi connectivity index (χ0) is 18.0. The van der Waals surface area contributed by atoms with Gasteiger partial charge in [0.1, 0.15) is 0 Å². The molecule has 1 amide bonds. The zero-order valence-corrected chi connectivity index (χ0v) is 15.8. The van der Waals surface area contributed by atoms with Crippen LogP contribution in [0.4, 0.5) is 0 Å². The number of rotatable bonds is 5. The molecule has 0 spiro atoms. The van der Waals surface area contributed by atoms with E-state index in [-0.39, 0.29) is 18.2 Å². The third-order valence-corrected chi connectivity index (χ3v) is 6.90. The molecule has 0 aliphatic carbocycles. The Labute approximate surface area is 150 Å². The Morgan fingerprint density at radius 1 is 1.36 bits per heavy atom. The van der Waals surface area contributed by atoms with Crippen LogP contribution in [-0.4, -0.2) is 70.7 Å². The van der Waals surface area contributed by atoms with Gasteiger partial charge in [-0.05, 0) is 19.9 Å². The molecule has 10 heteroatoms. The molecule has 0 saturated carbocycles. The van der Waals surface area contributed by atoms with Crippen LogP contribution < -0.4 is 5.32 Å². The summed E-state index contributed by atoms with van der Waals surface area (Å²) in [5.41, 5.74) is 2.38. The molecule has 1 aliphatic heterocycles. The van der Waals surface area contributed by atoms with Crippen molar-refractivity contribution < 1.29 is 13.2 Å². The van der Waals surface area contributed by atoms with Gasteiger partial charge in [0.2, 0.25) is 10.0 Å². The Bertz CT molecular complexity index is 888. The first-order valence-electron chi connectivity index (χ1n) is 8.04. The fourth-order valence-corrected chi connectivity index (χ4v) is 5.31. The van der Waals surface area contributed by atoms with Gasteiger partial charge in [-0.25, -0.2) is 17.7 Å². The van der Waals surface area contributed by atoms with Crippen molar-refractivity contribution in [1.82, 2.24) is 24.8 Å². The second-order valence-corrected chi connectivity index (χ2v) is 9.25. The van der Waals surface area contributed by atoms with Gasteiger partial charge in [0.25, 0.3) is 5.91 Å². The van der Waals surface area contributed by atoms with E-state index in [9.17, 15) is 13.2 Å². The van der Waals surface area contributed by atoms with Crippen LogP contribution in [0.15, 0.2) is 6.07 Å². The van der Waals surface area contributed by atoms with Crippen LogP contribution in [0, 0.1) is 13.8 Å². The Hall–Kier alpha value is -1.65. The molecule has 2 aromatic rings. The molecule has 25 heavy (non-hydrogen) atoms. The predicted molar refractivity (Wildman–Crippen MR) is 98.4 cm³/mol. The molecule has 0 atom stereocenters. The molecule has 8 nitrogen and oxygen atoms in total. The summed E-state index contributed by atoms with van der Waals surface area (Å²) < 4.78 is 26.2. The summed E-state index contributed by atoms with van der Waals surface area (Å²) in [6, 6.07) is 1.69. The van der Waals surface area contributed by atoms with Gasteiger partial charge in [0, 0.05) is 42.5 Å². The minimum atomic E-state index is -3.33. The van der Waals surface area contributed by atoms with Crippen LogP contribution >= 0.6 is 11.8 Å². The molecule has 1 aliphatic rings. The minimum Gasteiger partial charge on any atom is -0.351 e. The second kappa shape index (κ2) is 7.30. The lowest BCUT2D eigenvalue weighted by Gasteiger charge is -2.25. The molecule has 136 valence electrons. The number of hydrogen-bond donors (Lipinski definition) is 2. The molecule has 0 bridgehead atoms. The topological polar surface area (TPSA) is 108 Å². The van der Waals surface area contributed by atoms with E-state index in [2.05, 4.69) is 20.5 Å². The van der Waals surface area contributed by atoms with Gasteiger partial charge >= 0.3 is 0 Å². The van der Waals surface area contributed by atoms with Crippen molar-refractivity contribution in [3.63, 3.8) is 0 Å². The number of nitrogens with zero attached hydrogens (tertiary/aromatic N) is 3. The fourth-order valence-electron chi connectivity index (χ4n) is 2.82. The maximum absolute atomic E-state index is 12.5. The van der Waals surface area contributed by atoms with Gasteiger partial charge in [0.15, 0.2) is 5.65 Å². The van der Waals surface area contributed by atoms with Gasteiger partial charge in [-0.1, -0.05) is 0 Å². The van der Waals surface area contributed by atoms with E-state index in [0.717, 1.165) is 17.2 Å². The Kier molecular flexibility index (Phi) is 5.30. The van der Waals surface area contributed by atoms with Gasteiger partial charge in [-0.3, -0.25) is 9.89 Å². The van der Waals surface area contributed by atoms with Gasteiger partial charge in [-0.2, -0.15) is 16.9 Å². The molecule has 3 heterocycles. The fraction of sp³-hybridized carbons (Fsp3) is 0.533. The standard InChI is InChI=1S/C15H21N5O3S2/c1-10-9-12(13-11(2)18-19-14(13)17-10)15(21)16-3-8-25(22,23)20-4-6-24-7-5-20/h9H,3-8H2,1-2H3,(H,16,21)(H,17,18,19). The lowest BCUT2D eigenvalue weighted by atomic mass is 10.1. The molecule has 1 saturated heterocycles. The lowest BCUT2D eigenvalue weighted by molar-refractivity contribution is 0.0957. The van der Waals surface area contributed by atoms with Crippen molar-refractivity contribution in [2.24, 2.45) is 0 Å². The highest BCUT2D eigenvalue weighted by Gasteiger charge is 2.24. The SMILES string of the molecule is Cc1cc(C(=O)NCCS(=O)(=O)N2CCSCC2)c2c(C)[nH]nc2n1. The minimum absolute atomic E-state index is 0.0740. The van der Waals surface area contributed by atoms with Crippen LogP contribution in [0.25, 0.3) is 11.0 Å². The average Bonchev–Trinajstić information content (AvgIpc) is 2.95. The third kappa shape index (κ3) is 3.96. The van der Waals surface area contributed by atoms with Crippen molar-refractivity contribution in [2.45, 2.75) is 13.8 Å². The summed E-state index contributed by atoms with van der Waals surface area (Å²) in [7, 11) is -3.33. The van der Waals surface area contributed by atoms with Crippen LogP contribution in [-0.2, 0) is 10.0 Å². The molecule has 0 unspecified atom stereocenters. The number of carbonyl (C=O) groups excluding carboxylic acids is 1. The number of aromatic amines is 1. The highest BCUT2D eigenvalue weighted by Crippen LogP contribution is 2.20. The summed E-state index contributed by atoms with van der Waals surface area (Å²) in [5, 5.41) is 10.3. The first-order valence-corrected chi connectivity index (χ1v) is 10.8. The highest BCUT2D eigenvalue weighted by molar-refractivity contribution is 7.99. The smallest absolute Gasteiger partial charge is 0.252 e. The number of amides is 1. The van der Waals surface area contributed by atoms with E-state index in [4.69, 9.17) is 0 Å². The summed E-state index contributed by atoms with van der Waals surface area (Å²) in [6.45, 7) is 4.77. The lowest BCUT2D eigenvalue weighted by Crippen LogP contribution is -2.41. The highest BCUT2D eigenvalue weighted by atomic mass is 32.2. The van der Waals surface area contributed by atoms with Crippen LogP contribution in [0.2, 0.25) is 0 Å². The molecule has 3 rings (SSSR count). The van der Waals surface area contributed by atoms with E-state index in [1.807, 2.05) is 6.92 Å². The van der Waals surface area contributed by atoms with E-state index >= 15 is 0 Å². The molecule has 2 aromatic heterocycles. The van der Waals surface area contributed by atoms with Crippen molar-refractivity contribution in [3.05, 3.63) is 23.0 Å². The third-order valence-electron chi connectivity index (χ3n) is 4.09. The van der Waals surface area contributed by atoms with Crippen LogP contribution in [0.5, 0.6) is 0 Å². The van der Waals surface area contributed by atoms with Gasteiger partial charge in [-0.15, -0.1) is 0 Å². The number of pyridine rings is 1. The van der Waals surface area contributed by atoms with Crippen molar-refractivity contribution in [1.29, 1.82) is 0 Å². The summed E-state index contributed by atoms with van der Waals surface area (Å²) in [6.07, 6.45) is 0. The molecule has 0 aromatic carbocycles. The van der Waals surface area contributed by atoms with E-state index in [0.29, 0.717) is 35.4 Å². The van der Waals surface area contributed by atoms with Crippen molar-refractivity contribution in [3.8, 4) is 0 Å². The number of H-pyrrole nitrogens is 1. The number of hydrogen-bond acceptors (Lipinski definition) is 6. The van der Waals surface area contributed by atoms with Gasteiger partial charge < -0.3 is 5.32 Å². The number of nitrogens with one attached hydrogen (secondary N) is 2.